The Hall–Kier alpha value is -1.98. The summed E-state index contributed by atoms with van der Waals surface area (Å²) in [6.45, 7) is 1.97. The van der Waals surface area contributed by atoms with Gasteiger partial charge in [0, 0.05) is 27.6 Å². The Morgan fingerprint density at radius 1 is 1.15 bits per heavy atom. The van der Waals surface area contributed by atoms with Gasteiger partial charge in [-0.2, -0.15) is 11.3 Å². The minimum atomic E-state index is -0.0923. The van der Waals surface area contributed by atoms with Crippen molar-refractivity contribution in [1.82, 2.24) is 4.98 Å². The third-order valence-electron chi connectivity index (χ3n) is 2.79. The molecule has 3 nitrogen and oxygen atoms in total. The predicted molar refractivity (Wildman–Crippen MR) is 84.6 cm³/mol. The minimum Gasteiger partial charge on any atom is -0.321 e. The van der Waals surface area contributed by atoms with Crippen molar-refractivity contribution >= 4 is 34.3 Å². The molecule has 0 aliphatic rings. The summed E-state index contributed by atoms with van der Waals surface area (Å²) in [6, 6.07) is 9.40. The highest BCUT2D eigenvalue weighted by molar-refractivity contribution is 7.13. The normalized spacial score (nSPS) is 10.4. The number of carbonyl (C=O) groups excluding carboxylic acids is 1. The average molecular weight is 300 g/mol. The molecule has 5 heteroatoms. The fourth-order valence-electron chi connectivity index (χ4n) is 1.79. The Bertz CT molecular complexity index is 715. The molecular weight excluding hydrogens is 288 g/mol. The molecule has 0 spiro atoms. The molecule has 0 bridgehead atoms. The Kier molecular flexibility index (Phi) is 3.62. The fraction of sp³-hybridized carbons (Fsp3) is 0.0667. The largest absolute Gasteiger partial charge is 0.321 e. The van der Waals surface area contributed by atoms with E-state index in [4.69, 9.17) is 0 Å². The summed E-state index contributed by atoms with van der Waals surface area (Å²) in [5.41, 5.74) is 3.53. The van der Waals surface area contributed by atoms with Gasteiger partial charge in [-0.1, -0.05) is 12.1 Å². The van der Waals surface area contributed by atoms with Gasteiger partial charge in [0.2, 0.25) is 0 Å². The van der Waals surface area contributed by atoms with E-state index in [0.29, 0.717) is 5.56 Å². The van der Waals surface area contributed by atoms with Crippen LogP contribution < -0.4 is 5.32 Å². The molecule has 0 radical (unpaired) electrons. The van der Waals surface area contributed by atoms with Crippen LogP contribution in [-0.4, -0.2) is 10.9 Å². The van der Waals surface area contributed by atoms with Crippen LogP contribution >= 0.6 is 22.7 Å². The smallest absolute Gasteiger partial charge is 0.255 e. The van der Waals surface area contributed by atoms with Crippen LogP contribution in [0.1, 0.15) is 16.1 Å². The number of carbonyl (C=O) groups is 1. The molecule has 20 heavy (non-hydrogen) atoms. The number of rotatable bonds is 3. The van der Waals surface area contributed by atoms with E-state index in [1.54, 1.807) is 22.7 Å². The predicted octanol–water partition coefficient (Wildman–Crippen LogP) is 4.43. The fourth-order valence-corrected chi connectivity index (χ4v) is 3.18. The molecule has 1 N–H and O–H groups in total. The van der Waals surface area contributed by atoms with Crippen LogP contribution in [0.3, 0.4) is 0 Å². The molecule has 0 aliphatic carbocycles. The molecule has 2 aromatic heterocycles. The van der Waals surface area contributed by atoms with Crippen LogP contribution in [0.25, 0.3) is 10.6 Å². The number of nitrogens with one attached hydrogen (secondary N) is 1. The van der Waals surface area contributed by atoms with Crippen LogP contribution in [0.5, 0.6) is 0 Å². The first-order valence-electron chi connectivity index (χ1n) is 6.08. The van der Waals surface area contributed by atoms with E-state index >= 15 is 0 Å². The van der Waals surface area contributed by atoms with Crippen LogP contribution in [0.4, 0.5) is 5.69 Å². The van der Waals surface area contributed by atoms with Crippen molar-refractivity contribution in [2.75, 3.05) is 5.32 Å². The average Bonchev–Trinajstić information content (AvgIpc) is 3.10. The second-order valence-electron chi connectivity index (χ2n) is 4.34. The zero-order chi connectivity index (χ0) is 13.9. The van der Waals surface area contributed by atoms with Gasteiger partial charge >= 0.3 is 0 Å². The minimum absolute atomic E-state index is 0.0923. The summed E-state index contributed by atoms with van der Waals surface area (Å²) in [6.07, 6.45) is 0. The molecule has 0 saturated heterocycles. The van der Waals surface area contributed by atoms with Crippen molar-refractivity contribution in [2.45, 2.75) is 6.92 Å². The highest BCUT2D eigenvalue weighted by atomic mass is 32.1. The first kappa shape index (κ1) is 13.0. The molecule has 0 unspecified atom stereocenters. The molecule has 2 heterocycles. The van der Waals surface area contributed by atoms with Gasteiger partial charge in [0.1, 0.15) is 5.01 Å². The molecule has 3 aromatic rings. The molecule has 0 aliphatic heterocycles. The lowest BCUT2D eigenvalue weighted by molar-refractivity contribution is 0.102. The van der Waals surface area contributed by atoms with Gasteiger partial charge in [-0.25, -0.2) is 4.98 Å². The second kappa shape index (κ2) is 5.56. The summed E-state index contributed by atoms with van der Waals surface area (Å²) >= 11 is 3.17. The number of hydrogen-bond donors (Lipinski definition) is 1. The summed E-state index contributed by atoms with van der Waals surface area (Å²) < 4.78 is 0. The van der Waals surface area contributed by atoms with Crippen LogP contribution in [-0.2, 0) is 0 Å². The van der Waals surface area contributed by atoms with E-state index in [9.17, 15) is 4.79 Å². The van der Waals surface area contributed by atoms with Gasteiger partial charge in [0.15, 0.2) is 0 Å². The number of hydrogen-bond acceptors (Lipinski definition) is 4. The maximum atomic E-state index is 12.0. The van der Waals surface area contributed by atoms with Crippen molar-refractivity contribution in [3.63, 3.8) is 0 Å². The Morgan fingerprint density at radius 2 is 1.95 bits per heavy atom. The molecule has 100 valence electrons. The van der Waals surface area contributed by atoms with Crippen molar-refractivity contribution < 1.29 is 4.79 Å². The monoisotopic (exact) mass is 300 g/mol. The summed E-state index contributed by atoms with van der Waals surface area (Å²) in [4.78, 5) is 16.5. The lowest BCUT2D eigenvalue weighted by Crippen LogP contribution is -2.10. The van der Waals surface area contributed by atoms with E-state index in [-0.39, 0.29) is 5.91 Å². The third-order valence-corrected chi connectivity index (χ3v) is 4.48. The van der Waals surface area contributed by atoms with Crippen molar-refractivity contribution in [3.05, 3.63) is 57.7 Å². The standard InChI is InChI=1S/C15H12N2OS2/c1-10-8-20-15(16-10)12-4-2-11(3-5-12)14(18)17-13-6-7-19-9-13/h2-9H,1H3,(H,17,18). The number of amides is 1. The Labute approximate surface area is 124 Å². The number of benzene rings is 1. The zero-order valence-corrected chi connectivity index (χ0v) is 12.4. The van der Waals surface area contributed by atoms with Gasteiger partial charge in [-0.05, 0) is 30.5 Å². The number of aryl methyl sites for hydroxylation is 1. The first-order valence-corrected chi connectivity index (χ1v) is 7.91. The molecule has 1 amide bonds. The molecule has 0 atom stereocenters. The van der Waals surface area contributed by atoms with E-state index in [1.165, 1.54) is 0 Å². The maximum Gasteiger partial charge on any atom is 0.255 e. The number of anilines is 1. The van der Waals surface area contributed by atoms with Crippen molar-refractivity contribution in [3.8, 4) is 10.6 Å². The van der Waals surface area contributed by atoms with Crippen LogP contribution in [0.2, 0.25) is 0 Å². The van der Waals surface area contributed by atoms with Gasteiger partial charge in [-0.15, -0.1) is 11.3 Å². The summed E-state index contributed by atoms with van der Waals surface area (Å²) in [7, 11) is 0. The lowest BCUT2D eigenvalue weighted by Gasteiger charge is -2.03. The SMILES string of the molecule is Cc1csc(-c2ccc(C(=O)Nc3ccsc3)cc2)n1. The molecule has 0 fully saturated rings. The summed E-state index contributed by atoms with van der Waals surface area (Å²) in [5, 5.41) is 9.70. The highest BCUT2D eigenvalue weighted by Crippen LogP contribution is 2.24. The molecular formula is C15H12N2OS2. The maximum absolute atomic E-state index is 12.0. The Morgan fingerprint density at radius 3 is 2.55 bits per heavy atom. The zero-order valence-electron chi connectivity index (χ0n) is 10.8. The van der Waals surface area contributed by atoms with Crippen LogP contribution in [0.15, 0.2) is 46.5 Å². The third kappa shape index (κ3) is 2.79. The van der Waals surface area contributed by atoms with E-state index < -0.39 is 0 Å². The summed E-state index contributed by atoms with van der Waals surface area (Å²) in [5.74, 6) is -0.0923. The van der Waals surface area contributed by atoms with Gasteiger partial charge < -0.3 is 5.32 Å². The first-order chi connectivity index (χ1) is 9.72. The van der Waals surface area contributed by atoms with Crippen molar-refractivity contribution in [2.24, 2.45) is 0 Å². The quantitative estimate of drug-likeness (QED) is 0.777. The Balaban J connectivity index is 1.77. The van der Waals surface area contributed by atoms with Gasteiger partial charge in [0.25, 0.3) is 5.91 Å². The van der Waals surface area contributed by atoms with E-state index in [1.807, 2.05) is 53.4 Å². The van der Waals surface area contributed by atoms with E-state index in [0.717, 1.165) is 22.0 Å². The number of thiophene rings is 1. The topological polar surface area (TPSA) is 42.0 Å². The van der Waals surface area contributed by atoms with Gasteiger partial charge in [-0.3, -0.25) is 4.79 Å². The lowest BCUT2D eigenvalue weighted by atomic mass is 10.1. The highest BCUT2D eigenvalue weighted by Gasteiger charge is 2.08. The second-order valence-corrected chi connectivity index (χ2v) is 5.98. The molecule has 3 rings (SSSR count). The van der Waals surface area contributed by atoms with Gasteiger partial charge in [0.05, 0.1) is 5.69 Å². The van der Waals surface area contributed by atoms with E-state index in [2.05, 4.69) is 10.3 Å². The van der Waals surface area contributed by atoms with Crippen LogP contribution in [0, 0.1) is 6.92 Å². The number of thiazole rings is 1. The number of nitrogens with zero attached hydrogens (tertiary/aromatic N) is 1. The van der Waals surface area contributed by atoms with Crippen molar-refractivity contribution in [1.29, 1.82) is 0 Å². The molecule has 1 aromatic carbocycles. The number of aromatic nitrogens is 1. The molecule has 0 saturated carbocycles.